The zero-order valence-electron chi connectivity index (χ0n) is 11.5. The Morgan fingerprint density at radius 1 is 0.900 bits per heavy atom. The lowest BCUT2D eigenvalue weighted by Gasteiger charge is -2.06. The van der Waals surface area contributed by atoms with Crippen LogP contribution in [0.1, 0.15) is 41.0 Å². The van der Waals surface area contributed by atoms with Gasteiger partial charge >= 0.3 is 0 Å². The molecule has 1 aliphatic carbocycles. The fraction of sp³-hybridized carbons (Fsp3) is 0.278. The van der Waals surface area contributed by atoms with Crippen LogP contribution in [-0.4, -0.2) is 0 Å². The van der Waals surface area contributed by atoms with E-state index in [0.717, 1.165) is 19.0 Å². The summed E-state index contributed by atoms with van der Waals surface area (Å²) < 4.78 is 0. The van der Waals surface area contributed by atoms with E-state index >= 15 is 0 Å². The molecule has 0 bridgehead atoms. The first-order chi connectivity index (χ1) is 9.85. The molecule has 1 fully saturated rings. The van der Waals surface area contributed by atoms with Crippen LogP contribution in [0.4, 0.5) is 0 Å². The molecule has 0 spiro atoms. The molecule has 0 unspecified atom stereocenters. The van der Waals surface area contributed by atoms with Crippen LogP contribution < -0.4 is 5.32 Å². The van der Waals surface area contributed by atoms with Crippen LogP contribution >= 0.6 is 0 Å². The summed E-state index contributed by atoms with van der Waals surface area (Å²) in [4.78, 5) is 0. The van der Waals surface area contributed by atoms with Gasteiger partial charge in [0.15, 0.2) is 0 Å². The molecule has 0 aromatic heterocycles. The topological polar surface area (TPSA) is 35.8 Å². The van der Waals surface area contributed by atoms with E-state index in [1.165, 1.54) is 29.5 Å². The maximum atomic E-state index is 8.75. The number of nitrogens with zero attached hydrogens (tertiary/aromatic N) is 1. The van der Waals surface area contributed by atoms with Crippen molar-refractivity contribution in [1.82, 2.24) is 5.32 Å². The van der Waals surface area contributed by atoms with Crippen LogP contribution in [0.3, 0.4) is 0 Å². The highest BCUT2D eigenvalue weighted by molar-refractivity contribution is 5.31. The number of rotatable bonds is 5. The average Bonchev–Trinajstić information content (AvgIpc) is 3.33. The fourth-order valence-corrected chi connectivity index (χ4v) is 2.37. The highest BCUT2D eigenvalue weighted by Gasteiger charge is 2.22. The van der Waals surface area contributed by atoms with Crippen molar-refractivity contribution in [3.8, 4) is 6.07 Å². The first kappa shape index (κ1) is 12.9. The molecular formula is C18H18N2. The number of benzene rings is 2. The number of nitrogens with one attached hydrogen (secondary N) is 1. The lowest BCUT2D eigenvalue weighted by molar-refractivity contribution is 0.693. The van der Waals surface area contributed by atoms with Gasteiger partial charge in [0, 0.05) is 13.1 Å². The number of hydrogen-bond donors (Lipinski definition) is 1. The predicted molar refractivity (Wildman–Crippen MR) is 80.1 cm³/mol. The number of nitriles is 1. The van der Waals surface area contributed by atoms with Crippen LogP contribution in [0.2, 0.25) is 0 Å². The Labute approximate surface area is 120 Å². The van der Waals surface area contributed by atoms with E-state index in [1.807, 2.05) is 24.3 Å². The van der Waals surface area contributed by atoms with Crippen molar-refractivity contribution < 1.29 is 0 Å². The summed E-state index contributed by atoms with van der Waals surface area (Å²) in [7, 11) is 0. The molecule has 0 atom stereocenters. The van der Waals surface area contributed by atoms with Crippen LogP contribution in [0.5, 0.6) is 0 Å². The predicted octanol–water partition coefficient (Wildman–Crippen LogP) is 3.73. The summed E-state index contributed by atoms with van der Waals surface area (Å²) >= 11 is 0. The summed E-state index contributed by atoms with van der Waals surface area (Å²) in [5.74, 6) is 0.829. The first-order valence-electron chi connectivity index (χ1n) is 7.14. The van der Waals surface area contributed by atoms with Gasteiger partial charge in [-0.3, -0.25) is 0 Å². The van der Waals surface area contributed by atoms with Gasteiger partial charge in [-0.25, -0.2) is 0 Å². The molecule has 1 N–H and O–H groups in total. The summed E-state index contributed by atoms with van der Waals surface area (Å²) in [6.45, 7) is 1.71. The molecule has 0 aliphatic heterocycles. The van der Waals surface area contributed by atoms with Gasteiger partial charge in [0.2, 0.25) is 0 Å². The van der Waals surface area contributed by atoms with Gasteiger partial charge < -0.3 is 5.32 Å². The fourth-order valence-electron chi connectivity index (χ4n) is 2.37. The minimum Gasteiger partial charge on any atom is -0.309 e. The van der Waals surface area contributed by atoms with E-state index in [-0.39, 0.29) is 0 Å². The Hall–Kier alpha value is -2.11. The Morgan fingerprint density at radius 2 is 1.45 bits per heavy atom. The second-order valence-electron chi connectivity index (χ2n) is 5.43. The zero-order valence-corrected chi connectivity index (χ0v) is 11.5. The Morgan fingerprint density at radius 3 is 1.95 bits per heavy atom. The normalized spacial score (nSPS) is 13.9. The van der Waals surface area contributed by atoms with Gasteiger partial charge in [-0.1, -0.05) is 36.4 Å². The van der Waals surface area contributed by atoms with Gasteiger partial charge in [0.1, 0.15) is 0 Å². The Bertz CT molecular complexity index is 601. The molecule has 20 heavy (non-hydrogen) atoms. The zero-order chi connectivity index (χ0) is 13.8. The first-order valence-corrected chi connectivity index (χ1v) is 7.14. The van der Waals surface area contributed by atoms with Crippen LogP contribution in [-0.2, 0) is 13.1 Å². The largest absolute Gasteiger partial charge is 0.309 e. The summed E-state index contributed by atoms with van der Waals surface area (Å²) in [5.41, 5.74) is 4.73. The molecule has 0 amide bonds. The minimum atomic E-state index is 0.712. The molecule has 2 nitrogen and oxygen atoms in total. The van der Waals surface area contributed by atoms with Crippen molar-refractivity contribution in [2.45, 2.75) is 31.8 Å². The molecule has 2 heteroatoms. The summed E-state index contributed by atoms with van der Waals surface area (Å²) in [6, 6.07) is 18.8. The lowest BCUT2D eigenvalue weighted by Crippen LogP contribution is -2.12. The van der Waals surface area contributed by atoms with Crippen molar-refractivity contribution >= 4 is 0 Å². The molecule has 2 aromatic rings. The van der Waals surface area contributed by atoms with E-state index in [2.05, 4.69) is 35.7 Å². The molecular weight excluding hydrogens is 244 g/mol. The van der Waals surface area contributed by atoms with Crippen LogP contribution in [0, 0.1) is 11.3 Å². The number of hydrogen-bond acceptors (Lipinski definition) is 2. The van der Waals surface area contributed by atoms with Crippen LogP contribution in [0.25, 0.3) is 0 Å². The molecule has 1 aliphatic rings. The maximum absolute atomic E-state index is 8.75. The Balaban J connectivity index is 1.50. The van der Waals surface area contributed by atoms with Gasteiger partial charge in [0.05, 0.1) is 11.6 Å². The summed E-state index contributed by atoms with van der Waals surface area (Å²) in [5, 5.41) is 12.2. The molecule has 0 radical (unpaired) electrons. The third kappa shape index (κ3) is 3.26. The van der Waals surface area contributed by atoms with Gasteiger partial charge in [-0.2, -0.15) is 5.26 Å². The van der Waals surface area contributed by atoms with Crippen molar-refractivity contribution in [3.05, 3.63) is 70.8 Å². The van der Waals surface area contributed by atoms with Gasteiger partial charge in [-0.05, 0) is 47.6 Å². The van der Waals surface area contributed by atoms with Crippen molar-refractivity contribution in [2.24, 2.45) is 0 Å². The van der Waals surface area contributed by atoms with E-state index in [0.29, 0.717) is 5.56 Å². The van der Waals surface area contributed by atoms with Gasteiger partial charge in [0.25, 0.3) is 0 Å². The maximum Gasteiger partial charge on any atom is 0.0991 e. The van der Waals surface area contributed by atoms with Crippen molar-refractivity contribution in [1.29, 1.82) is 5.26 Å². The smallest absolute Gasteiger partial charge is 0.0991 e. The quantitative estimate of drug-likeness (QED) is 0.891. The molecule has 2 aromatic carbocycles. The molecule has 0 saturated heterocycles. The van der Waals surface area contributed by atoms with E-state index in [9.17, 15) is 0 Å². The second kappa shape index (κ2) is 5.90. The van der Waals surface area contributed by atoms with E-state index < -0.39 is 0 Å². The Kier molecular flexibility index (Phi) is 3.80. The van der Waals surface area contributed by atoms with Crippen LogP contribution in [0.15, 0.2) is 48.5 Å². The van der Waals surface area contributed by atoms with E-state index in [1.54, 1.807) is 0 Å². The highest BCUT2D eigenvalue weighted by Crippen LogP contribution is 2.39. The molecule has 100 valence electrons. The third-order valence-corrected chi connectivity index (χ3v) is 3.77. The molecule has 0 heterocycles. The standard InChI is InChI=1S/C18H18N2/c19-11-14-1-3-15(4-2-14)12-20-13-16-5-7-17(8-6-16)18-9-10-18/h1-8,18,20H,9-10,12-13H2. The van der Waals surface area contributed by atoms with Crippen molar-refractivity contribution in [3.63, 3.8) is 0 Å². The monoisotopic (exact) mass is 262 g/mol. The van der Waals surface area contributed by atoms with E-state index in [4.69, 9.17) is 5.26 Å². The van der Waals surface area contributed by atoms with Crippen molar-refractivity contribution in [2.75, 3.05) is 0 Å². The minimum absolute atomic E-state index is 0.712. The second-order valence-corrected chi connectivity index (χ2v) is 5.43. The van der Waals surface area contributed by atoms with Gasteiger partial charge in [-0.15, -0.1) is 0 Å². The lowest BCUT2D eigenvalue weighted by atomic mass is 10.1. The highest BCUT2D eigenvalue weighted by atomic mass is 14.8. The third-order valence-electron chi connectivity index (χ3n) is 3.77. The SMILES string of the molecule is N#Cc1ccc(CNCc2ccc(C3CC3)cc2)cc1. The summed E-state index contributed by atoms with van der Waals surface area (Å²) in [6.07, 6.45) is 2.71. The average molecular weight is 262 g/mol. The molecule has 3 rings (SSSR count). The molecule has 1 saturated carbocycles.